The van der Waals surface area contributed by atoms with Crippen LogP contribution in [0.3, 0.4) is 0 Å². The molecule has 1 rings (SSSR count). The summed E-state index contributed by atoms with van der Waals surface area (Å²) in [4.78, 5) is 0. The van der Waals surface area contributed by atoms with E-state index in [0.717, 1.165) is 13.1 Å². The minimum absolute atomic E-state index is 0.528. The standard InChI is InChI=1S/C5H8N2/c1-2-5-3-6-7-4-5/h2,5H,1,3-4H2. The van der Waals surface area contributed by atoms with Crippen LogP contribution in [0.2, 0.25) is 0 Å². The van der Waals surface area contributed by atoms with E-state index in [1.165, 1.54) is 0 Å². The Labute approximate surface area is 43.0 Å². The Bertz CT molecular complexity index is 88.3. The molecular weight excluding hydrogens is 88.1 g/mol. The van der Waals surface area contributed by atoms with Crippen LogP contribution in [-0.4, -0.2) is 13.1 Å². The molecule has 0 N–H and O–H groups in total. The van der Waals surface area contributed by atoms with Crippen molar-refractivity contribution in [3.63, 3.8) is 0 Å². The molecule has 2 heteroatoms. The lowest BCUT2D eigenvalue weighted by atomic mass is 10.2. The lowest BCUT2D eigenvalue weighted by Crippen LogP contribution is -1.96. The van der Waals surface area contributed by atoms with Crippen molar-refractivity contribution in [1.82, 2.24) is 0 Å². The first-order valence-corrected chi connectivity index (χ1v) is 2.39. The first-order chi connectivity index (χ1) is 3.43. The average molecular weight is 96.1 g/mol. The monoisotopic (exact) mass is 96.1 g/mol. The first-order valence-electron chi connectivity index (χ1n) is 2.39. The summed E-state index contributed by atoms with van der Waals surface area (Å²) in [5.74, 6) is 0.528. The van der Waals surface area contributed by atoms with Crippen LogP contribution in [0.15, 0.2) is 22.9 Å². The number of hydrogen-bond donors (Lipinski definition) is 0. The maximum atomic E-state index is 3.79. The fourth-order valence-electron chi connectivity index (χ4n) is 0.532. The highest BCUT2D eigenvalue weighted by molar-refractivity contribution is 4.84. The van der Waals surface area contributed by atoms with Gasteiger partial charge in [-0.05, 0) is 0 Å². The summed E-state index contributed by atoms with van der Waals surface area (Å²) in [5, 5.41) is 7.58. The van der Waals surface area contributed by atoms with E-state index in [1.807, 2.05) is 6.08 Å². The molecule has 1 heterocycles. The van der Waals surface area contributed by atoms with Gasteiger partial charge in [0, 0.05) is 5.92 Å². The van der Waals surface area contributed by atoms with E-state index >= 15 is 0 Å². The number of hydrogen-bond acceptors (Lipinski definition) is 2. The summed E-state index contributed by atoms with van der Waals surface area (Å²) in [6.45, 7) is 5.32. The van der Waals surface area contributed by atoms with Gasteiger partial charge in [0.2, 0.25) is 0 Å². The van der Waals surface area contributed by atoms with Crippen LogP contribution in [0.25, 0.3) is 0 Å². The Morgan fingerprint density at radius 2 is 2.00 bits per heavy atom. The van der Waals surface area contributed by atoms with Gasteiger partial charge in [-0.3, -0.25) is 0 Å². The number of nitrogens with zero attached hydrogens (tertiary/aromatic N) is 2. The van der Waals surface area contributed by atoms with Crippen molar-refractivity contribution < 1.29 is 0 Å². The molecule has 38 valence electrons. The summed E-state index contributed by atoms with van der Waals surface area (Å²) in [6.07, 6.45) is 1.90. The van der Waals surface area contributed by atoms with Crippen molar-refractivity contribution in [2.75, 3.05) is 13.1 Å². The minimum atomic E-state index is 0.528. The van der Waals surface area contributed by atoms with E-state index in [-0.39, 0.29) is 0 Å². The molecule has 0 aromatic rings. The van der Waals surface area contributed by atoms with Crippen LogP contribution in [-0.2, 0) is 0 Å². The third-order valence-electron chi connectivity index (χ3n) is 1.07. The molecule has 0 atom stereocenters. The number of rotatable bonds is 1. The van der Waals surface area contributed by atoms with Gasteiger partial charge < -0.3 is 0 Å². The third kappa shape index (κ3) is 0.856. The molecule has 1 aliphatic heterocycles. The molecule has 0 aromatic carbocycles. The van der Waals surface area contributed by atoms with E-state index in [4.69, 9.17) is 0 Å². The van der Waals surface area contributed by atoms with E-state index in [0.29, 0.717) is 5.92 Å². The molecule has 0 saturated heterocycles. The predicted octanol–water partition coefficient (Wildman–Crippen LogP) is 1.25. The predicted molar refractivity (Wildman–Crippen MR) is 28.3 cm³/mol. The van der Waals surface area contributed by atoms with Gasteiger partial charge in [0.25, 0.3) is 0 Å². The van der Waals surface area contributed by atoms with Gasteiger partial charge in [-0.15, -0.1) is 6.58 Å². The molecule has 7 heavy (non-hydrogen) atoms. The highest BCUT2D eigenvalue weighted by Crippen LogP contribution is 2.05. The minimum Gasteiger partial charge on any atom is -0.193 e. The molecule has 0 radical (unpaired) electrons. The second-order valence-corrected chi connectivity index (χ2v) is 1.64. The molecule has 0 aliphatic carbocycles. The van der Waals surface area contributed by atoms with E-state index < -0.39 is 0 Å². The van der Waals surface area contributed by atoms with Crippen molar-refractivity contribution in [3.05, 3.63) is 12.7 Å². The van der Waals surface area contributed by atoms with Gasteiger partial charge in [0.1, 0.15) is 0 Å². The van der Waals surface area contributed by atoms with Crippen molar-refractivity contribution in [1.29, 1.82) is 0 Å². The Morgan fingerprint density at radius 1 is 1.43 bits per heavy atom. The Balaban J connectivity index is 2.35. The SMILES string of the molecule is C=CC1CN=NC1. The van der Waals surface area contributed by atoms with Gasteiger partial charge >= 0.3 is 0 Å². The Morgan fingerprint density at radius 3 is 2.29 bits per heavy atom. The van der Waals surface area contributed by atoms with Crippen LogP contribution < -0.4 is 0 Å². The van der Waals surface area contributed by atoms with Crippen LogP contribution in [0.1, 0.15) is 0 Å². The van der Waals surface area contributed by atoms with Crippen LogP contribution in [0, 0.1) is 5.92 Å². The molecule has 0 unspecified atom stereocenters. The Hall–Kier alpha value is -0.660. The van der Waals surface area contributed by atoms with E-state index in [1.54, 1.807) is 0 Å². The van der Waals surface area contributed by atoms with E-state index in [9.17, 15) is 0 Å². The van der Waals surface area contributed by atoms with Crippen molar-refractivity contribution in [3.8, 4) is 0 Å². The highest BCUT2D eigenvalue weighted by atomic mass is 15.1. The van der Waals surface area contributed by atoms with Crippen molar-refractivity contribution in [2.45, 2.75) is 0 Å². The van der Waals surface area contributed by atoms with Gasteiger partial charge in [-0.25, -0.2) is 0 Å². The molecular formula is C5H8N2. The van der Waals surface area contributed by atoms with Gasteiger partial charge in [-0.2, -0.15) is 10.2 Å². The van der Waals surface area contributed by atoms with Crippen LogP contribution in [0.5, 0.6) is 0 Å². The smallest absolute Gasteiger partial charge is 0.0679 e. The highest BCUT2D eigenvalue weighted by Gasteiger charge is 2.05. The van der Waals surface area contributed by atoms with Crippen LogP contribution >= 0.6 is 0 Å². The van der Waals surface area contributed by atoms with Crippen molar-refractivity contribution in [2.24, 2.45) is 16.1 Å². The zero-order valence-corrected chi connectivity index (χ0v) is 4.17. The molecule has 1 aliphatic rings. The molecule has 0 aromatic heterocycles. The molecule has 2 nitrogen and oxygen atoms in total. The molecule has 0 spiro atoms. The van der Waals surface area contributed by atoms with E-state index in [2.05, 4.69) is 16.8 Å². The largest absolute Gasteiger partial charge is 0.193 e. The van der Waals surface area contributed by atoms with Gasteiger partial charge in [-0.1, -0.05) is 6.08 Å². The second kappa shape index (κ2) is 1.87. The lowest BCUT2D eigenvalue weighted by Gasteiger charge is -1.91. The molecule has 0 fully saturated rings. The second-order valence-electron chi connectivity index (χ2n) is 1.64. The number of azo groups is 1. The fraction of sp³-hybridized carbons (Fsp3) is 0.600. The van der Waals surface area contributed by atoms with Crippen LogP contribution in [0.4, 0.5) is 0 Å². The van der Waals surface area contributed by atoms with Gasteiger partial charge in [0.15, 0.2) is 0 Å². The molecule has 0 bridgehead atoms. The summed E-state index contributed by atoms with van der Waals surface area (Å²) in [6, 6.07) is 0. The zero-order valence-electron chi connectivity index (χ0n) is 4.17. The maximum absolute atomic E-state index is 3.79. The fourth-order valence-corrected chi connectivity index (χ4v) is 0.532. The molecule has 0 saturated carbocycles. The lowest BCUT2D eigenvalue weighted by molar-refractivity contribution is 0.766. The van der Waals surface area contributed by atoms with Gasteiger partial charge in [0.05, 0.1) is 13.1 Å². The normalized spacial score (nSPS) is 20.6. The summed E-state index contributed by atoms with van der Waals surface area (Å²) in [7, 11) is 0. The third-order valence-corrected chi connectivity index (χ3v) is 1.07. The topological polar surface area (TPSA) is 24.7 Å². The summed E-state index contributed by atoms with van der Waals surface area (Å²) >= 11 is 0. The maximum Gasteiger partial charge on any atom is 0.0679 e. The molecule has 0 amide bonds. The van der Waals surface area contributed by atoms with Crippen molar-refractivity contribution >= 4 is 0 Å². The quantitative estimate of drug-likeness (QED) is 0.439. The summed E-state index contributed by atoms with van der Waals surface area (Å²) in [5.41, 5.74) is 0. The zero-order chi connectivity index (χ0) is 5.11. The summed E-state index contributed by atoms with van der Waals surface area (Å²) < 4.78 is 0. The first kappa shape index (κ1) is 4.50. The average Bonchev–Trinajstić information content (AvgIpc) is 2.14. The Kier molecular flexibility index (Phi) is 1.20.